The van der Waals surface area contributed by atoms with Crippen molar-refractivity contribution in [2.24, 2.45) is 0 Å². The van der Waals surface area contributed by atoms with Crippen LogP contribution in [0.2, 0.25) is 0 Å². The zero-order chi connectivity index (χ0) is 29.1. The van der Waals surface area contributed by atoms with Crippen LogP contribution in [0.1, 0.15) is 27.7 Å². The Hall–Kier alpha value is -4.16. The van der Waals surface area contributed by atoms with Crippen molar-refractivity contribution in [3.05, 3.63) is 103 Å². The van der Waals surface area contributed by atoms with Gasteiger partial charge in [-0.1, -0.05) is 78.9 Å². The van der Waals surface area contributed by atoms with E-state index in [0.717, 1.165) is 33.0 Å². The fourth-order valence-electron chi connectivity index (χ4n) is 6.68. The highest BCUT2D eigenvalue weighted by atomic mass is 32.1. The van der Waals surface area contributed by atoms with Crippen LogP contribution in [0.25, 0.3) is 74.8 Å². The summed E-state index contributed by atoms with van der Waals surface area (Å²) in [7, 11) is -0.361. The van der Waals surface area contributed by atoms with Crippen LogP contribution in [0, 0.1) is 0 Å². The maximum Gasteiger partial charge on any atom is 0.494 e. The highest BCUT2D eigenvalue weighted by Crippen LogP contribution is 2.43. The van der Waals surface area contributed by atoms with Gasteiger partial charge in [-0.05, 0) is 84.7 Å². The van der Waals surface area contributed by atoms with E-state index in [1.54, 1.807) is 0 Å². The van der Waals surface area contributed by atoms with Gasteiger partial charge in [-0.2, -0.15) is 0 Å². The Kier molecular flexibility index (Phi) is 5.13. The predicted octanol–water partition coefficient (Wildman–Crippen LogP) is 10.2. The second-order valence-corrected chi connectivity index (χ2v) is 13.8. The summed E-state index contributed by atoms with van der Waals surface area (Å²) in [5, 5.41) is 9.74. The molecule has 1 aliphatic rings. The first kappa shape index (κ1) is 25.4. The molecule has 0 unspecified atom stereocenters. The second-order valence-electron chi connectivity index (χ2n) is 12.8. The molecule has 9 rings (SSSR count). The monoisotopic (exact) mass is 576 g/mol. The molecule has 43 heavy (non-hydrogen) atoms. The van der Waals surface area contributed by atoms with Crippen molar-refractivity contribution in [2.75, 3.05) is 0 Å². The third kappa shape index (κ3) is 3.62. The second kappa shape index (κ2) is 8.70. The summed E-state index contributed by atoms with van der Waals surface area (Å²) < 4.78 is 21.8. The van der Waals surface area contributed by atoms with Crippen LogP contribution in [-0.4, -0.2) is 18.3 Å². The van der Waals surface area contributed by atoms with Crippen molar-refractivity contribution >= 4 is 87.6 Å². The van der Waals surface area contributed by atoms with Gasteiger partial charge in [0.15, 0.2) is 0 Å². The lowest BCUT2D eigenvalue weighted by atomic mass is 9.79. The van der Waals surface area contributed by atoms with Gasteiger partial charge in [0.2, 0.25) is 0 Å². The molecule has 0 aliphatic carbocycles. The minimum absolute atomic E-state index is 0.358. The quantitative estimate of drug-likeness (QED) is 0.152. The Balaban J connectivity index is 1.16. The molecule has 1 aliphatic heterocycles. The standard InChI is InChI=1S/C38H29BO3S/c1-37(2)38(3,4)42-39(41-37)24-15-18-28-27-16-13-23(20-33(27)43-34(28)21-24)22-14-17-31-32(19-22)40-36-30-12-8-6-10-26(30)25-9-5-7-11-29(25)35(31)36/h5-21H,1-4H3. The summed E-state index contributed by atoms with van der Waals surface area (Å²) in [6, 6.07) is 37.2. The lowest BCUT2D eigenvalue weighted by molar-refractivity contribution is 0.00578. The molecule has 1 fully saturated rings. The number of furan rings is 1. The van der Waals surface area contributed by atoms with E-state index in [9.17, 15) is 0 Å². The van der Waals surface area contributed by atoms with Crippen molar-refractivity contribution in [2.45, 2.75) is 38.9 Å². The number of hydrogen-bond acceptors (Lipinski definition) is 4. The molecule has 0 N–H and O–H groups in total. The van der Waals surface area contributed by atoms with Crippen LogP contribution >= 0.6 is 11.3 Å². The molecule has 3 nitrogen and oxygen atoms in total. The largest absolute Gasteiger partial charge is 0.494 e. The van der Waals surface area contributed by atoms with Gasteiger partial charge in [-0.25, -0.2) is 0 Å². The molecule has 0 spiro atoms. The molecule has 1 saturated heterocycles. The molecule has 0 radical (unpaired) electrons. The average Bonchev–Trinajstić information content (AvgIpc) is 3.64. The Bertz CT molecular complexity index is 2410. The number of hydrogen-bond donors (Lipinski definition) is 0. The number of thiophene rings is 1. The predicted molar refractivity (Wildman–Crippen MR) is 183 cm³/mol. The molecule has 3 heterocycles. The molecular formula is C38H29BO3S. The summed E-state index contributed by atoms with van der Waals surface area (Å²) in [5.41, 5.74) is 4.55. The fraction of sp³-hybridized carbons (Fsp3) is 0.158. The zero-order valence-corrected chi connectivity index (χ0v) is 25.3. The first-order valence-electron chi connectivity index (χ1n) is 14.9. The number of benzene rings is 6. The van der Waals surface area contributed by atoms with E-state index in [-0.39, 0.29) is 18.3 Å². The van der Waals surface area contributed by atoms with E-state index in [0.29, 0.717) is 0 Å². The molecular weight excluding hydrogens is 547 g/mol. The first-order chi connectivity index (χ1) is 20.8. The third-order valence-electron chi connectivity index (χ3n) is 9.70. The van der Waals surface area contributed by atoms with E-state index in [1.165, 1.54) is 47.3 Å². The summed E-state index contributed by atoms with van der Waals surface area (Å²) in [4.78, 5) is 0. The molecule has 8 aromatic rings. The van der Waals surface area contributed by atoms with Crippen molar-refractivity contribution < 1.29 is 13.7 Å². The Morgan fingerprint density at radius 2 is 1.09 bits per heavy atom. The van der Waals surface area contributed by atoms with Gasteiger partial charge < -0.3 is 13.7 Å². The maximum absolute atomic E-state index is 6.64. The van der Waals surface area contributed by atoms with Crippen LogP contribution in [0.3, 0.4) is 0 Å². The van der Waals surface area contributed by atoms with Crippen LogP contribution in [0.5, 0.6) is 0 Å². The molecule has 5 heteroatoms. The van der Waals surface area contributed by atoms with Gasteiger partial charge in [-0.15, -0.1) is 11.3 Å². The SMILES string of the molecule is CC1(C)OB(c2ccc3c(c2)sc2cc(-c4ccc5c(c4)oc4c6ccccc6c6ccccc6c54)ccc23)OC1(C)C. The average molecular weight is 577 g/mol. The van der Waals surface area contributed by atoms with Crippen molar-refractivity contribution in [3.8, 4) is 11.1 Å². The van der Waals surface area contributed by atoms with E-state index < -0.39 is 0 Å². The lowest BCUT2D eigenvalue weighted by Crippen LogP contribution is -2.41. The molecule has 2 aromatic heterocycles. The lowest BCUT2D eigenvalue weighted by Gasteiger charge is -2.32. The number of fused-ring (bicyclic) bond motifs is 11. The molecule has 0 saturated carbocycles. The minimum Gasteiger partial charge on any atom is -0.455 e. The van der Waals surface area contributed by atoms with Crippen LogP contribution in [0.4, 0.5) is 0 Å². The van der Waals surface area contributed by atoms with Crippen molar-refractivity contribution in [3.63, 3.8) is 0 Å². The number of rotatable bonds is 2. The van der Waals surface area contributed by atoms with Crippen LogP contribution in [0.15, 0.2) is 108 Å². The summed E-state index contributed by atoms with van der Waals surface area (Å²) in [6.07, 6.45) is 0. The van der Waals surface area contributed by atoms with Crippen LogP contribution < -0.4 is 5.46 Å². The van der Waals surface area contributed by atoms with E-state index in [2.05, 4.69) is 131 Å². The normalized spacial score (nSPS) is 16.5. The highest BCUT2D eigenvalue weighted by molar-refractivity contribution is 7.26. The van der Waals surface area contributed by atoms with Gasteiger partial charge >= 0.3 is 7.12 Å². The van der Waals surface area contributed by atoms with Crippen LogP contribution in [-0.2, 0) is 9.31 Å². The molecule has 208 valence electrons. The summed E-state index contributed by atoms with van der Waals surface area (Å²) in [5.74, 6) is 0. The topological polar surface area (TPSA) is 31.6 Å². The Morgan fingerprint density at radius 3 is 1.81 bits per heavy atom. The van der Waals surface area contributed by atoms with E-state index in [4.69, 9.17) is 13.7 Å². The molecule has 6 aromatic carbocycles. The van der Waals surface area contributed by atoms with E-state index in [1.807, 2.05) is 11.3 Å². The van der Waals surface area contributed by atoms with Gasteiger partial charge in [0, 0.05) is 36.3 Å². The van der Waals surface area contributed by atoms with E-state index >= 15 is 0 Å². The van der Waals surface area contributed by atoms with Gasteiger partial charge in [0.05, 0.1) is 11.2 Å². The zero-order valence-electron chi connectivity index (χ0n) is 24.5. The smallest absolute Gasteiger partial charge is 0.455 e. The maximum atomic E-state index is 6.64. The molecule has 0 atom stereocenters. The van der Waals surface area contributed by atoms with Crippen molar-refractivity contribution in [1.82, 2.24) is 0 Å². The first-order valence-corrected chi connectivity index (χ1v) is 15.7. The Morgan fingerprint density at radius 1 is 0.535 bits per heavy atom. The third-order valence-corrected chi connectivity index (χ3v) is 10.8. The summed E-state index contributed by atoms with van der Waals surface area (Å²) >= 11 is 1.82. The summed E-state index contributed by atoms with van der Waals surface area (Å²) in [6.45, 7) is 8.39. The highest BCUT2D eigenvalue weighted by Gasteiger charge is 2.51. The van der Waals surface area contributed by atoms with Gasteiger partial charge in [0.1, 0.15) is 11.2 Å². The Labute approximate surface area is 253 Å². The van der Waals surface area contributed by atoms with Crippen molar-refractivity contribution in [1.29, 1.82) is 0 Å². The molecule has 0 bridgehead atoms. The van der Waals surface area contributed by atoms with Gasteiger partial charge in [-0.3, -0.25) is 0 Å². The minimum atomic E-state index is -0.361. The van der Waals surface area contributed by atoms with Gasteiger partial charge in [0.25, 0.3) is 0 Å². The molecule has 0 amide bonds. The fourth-order valence-corrected chi connectivity index (χ4v) is 7.88.